The molecule has 0 spiro atoms. The first-order chi connectivity index (χ1) is 9.97. The SMILES string of the molecule is Cc1c(C(=O)N2CCC(C(=O)O)C2)oc2ccc(F)cc12. The van der Waals surface area contributed by atoms with Gasteiger partial charge < -0.3 is 14.4 Å². The molecule has 1 aliphatic rings. The zero-order chi connectivity index (χ0) is 15.1. The average Bonchev–Trinajstić information content (AvgIpc) is 3.04. The highest BCUT2D eigenvalue weighted by atomic mass is 19.1. The van der Waals surface area contributed by atoms with Crippen LogP contribution in [0.3, 0.4) is 0 Å². The molecule has 0 saturated carbocycles. The molecule has 2 aromatic rings. The fourth-order valence-electron chi connectivity index (χ4n) is 2.69. The van der Waals surface area contributed by atoms with Crippen LogP contribution in [0.2, 0.25) is 0 Å². The van der Waals surface area contributed by atoms with E-state index in [1.54, 1.807) is 6.92 Å². The highest BCUT2D eigenvalue weighted by Gasteiger charge is 2.33. The van der Waals surface area contributed by atoms with E-state index in [4.69, 9.17) is 9.52 Å². The Morgan fingerprint density at radius 1 is 1.43 bits per heavy atom. The minimum absolute atomic E-state index is 0.154. The van der Waals surface area contributed by atoms with E-state index >= 15 is 0 Å². The van der Waals surface area contributed by atoms with Crippen molar-refractivity contribution < 1.29 is 23.5 Å². The number of nitrogens with zero attached hydrogens (tertiary/aromatic N) is 1. The number of carboxylic acid groups (broad SMARTS) is 1. The number of furan rings is 1. The lowest BCUT2D eigenvalue weighted by molar-refractivity contribution is -0.141. The number of aryl methyl sites for hydroxylation is 1. The molecule has 110 valence electrons. The number of carboxylic acids is 1. The molecule has 1 atom stereocenters. The Morgan fingerprint density at radius 2 is 2.19 bits per heavy atom. The molecule has 1 aromatic carbocycles. The van der Waals surface area contributed by atoms with E-state index in [-0.39, 0.29) is 18.2 Å². The van der Waals surface area contributed by atoms with Crippen LogP contribution in [0.25, 0.3) is 11.0 Å². The summed E-state index contributed by atoms with van der Waals surface area (Å²) in [6.45, 7) is 2.27. The first-order valence-electron chi connectivity index (χ1n) is 6.68. The molecular weight excluding hydrogens is 277 g/mol. The van der Waals surface area contributed by atoms with Crippen LogP contribution in [-0.4, -0.2) is 35.0 Å². The molecule has 2 heterocycles. The molecule has 21 heavy (non-hydrogen) atoms. The van der Waals surface area contributed by atoms with Gasteiger partial charge >= 0.3 is 5.97 Å². The van der Waals surface area contributed by atoms with Gasteiger partial charge in [-0.25, -0.2) is 4.39 Å². The van der Waals surface area contributed by atoms with E-state index < -0.39 is 17.7 Å². The van der Waals surface area contributed by atoms with Gasteiger partial charge in [0.1, 0.15) is 11.4 Å². The number of hydrogen-bond acceptors (Lipinski definition) is 3. The fourth-order valence-corrected chi connectivity index (χ4v) is 2.69. The zero-order valence-corrected chi connectivity index (χ0v) is 11.4. The molecule has 1 N–H and O–H groups in total. The average molecular weight is 291 g/mol. The summed E-state index contributed by atoms with van der Waals surface area (Å²) in [5, 5.41) is 9.54. The Morgan fingerprint density at radius 3 is 2.86 bits per heavy atom. The Bertz CT molecular complexity index is 737. The van der Waals surface area contributed by atoms with Crippen molar-refractivity contribution in [3.63, 3.8) is 0 Å². The normalized spacial score (nSPS) is 18.4. The molecule has 6 heteroatoms. The maximum atomic E-state index is 13.3. The van der Waals surface area contributed by atoms with Crippen LogP contribution in [0.15, 0.2) is 22.6 Å². The molecular formula is C15H14FNO4. The number of rotatable bonds is 2. The van der Waals surface area contributed by atoms with Crippen LogP contribution in [0.5, 0.6) is 0 Å². The van der Waals surface area contributed by atoms with Gasteiger partial charge in [0, 0.05) is 24.0 Å². The molecule has 1 amide bonds. The van der Waals surface area contributed by atoms with Gasteiger partial charge in [0.15, 0.2) is 5.76 Å². The molecule has 5 nitrogen and oxygen atoms in total. The van der Waals surface area contributed by atoms with Crippen molar-refractivity contribution in [3.05, 3.63) is 35.3 Å². The van der Waals surface area contributed by atoms with Crippen LogP contribution in [0.1, 0.15) is 22.5 Å². The second-order valence-corrected chi connectivity index (χ2v) is 5.27. The third-order valence-electron chi connectivity index (χ3n) is 3.92. The molecule has 1 unspecified atom stereocenters. The number of carbonyl (C=O) groups is 2. The van der Waals surface area contributed by atoms with Crippen molar-refractivity contribution in [3.8, 4) is 0 Å². The first-order valence-corrected chi connectivity index (χ1v) is 6.68. The number of likely N-dealkylation sites (tertiary alicyclic amines) is 1. The van der Waals surface area contributed by atoms with Crippen LogP contribution in [0, 0.1) is 18.7 Å². The predicted octanol–water partition coefficient (Wildman–Crippen LogP) is 2.43. The van der Waals surface area contributed by atoms with E-state index in [9.17, 15) is 14.0 Å². The summed E-state index contributed by atoms with van der Waals surface area (Å²) < 4.78 is 18.8. The summed E-state index contributed by atoms with van der Waals surface area (Å²) in [7, 11) is 0. The lowest BCUT2D eigenvalue weighted by Gasteiger charge is -2.14. The summed E-state index contributed by atoms with van der Waals surface area (Å²) in [6.07, 6.45) is 0.439. The summed E-state index contributed by atoms with van der Waals surface area (Å²) >= 11 is 0. The van der Waals surface area contributed by atoms with Gasteiger partial charge in [-0.15, -0.1) is 0 Å². The Labute approximate surface area is 119 Å². The van der Waals surface area contributed by atoms with Gasteiger partial charge in [0.2, 0.25) is 0 Å². The van der Waals surface area contributed by atoms with Gasteiger partial charge in [-0.05, 0) is 31.5 Å². The molecule has 3 rings (SSSR count). The number of halogens is 1. The van der Waals surface area contributed by atoms with Crippen molar-refractivity contribution in [2.45, 2.75) is 13.3 Å². The van der Waals surface area contributed by atoms with Crippen molar-refractivity contribution in [2.75, 3.05) is 13.1 Å². The van der Waals surface area contributed by atoms with Crippen LogP contribution < -0.4 is 0 Å². The number of amides is 1. The summed E-state index contributed by atoms with van der Waals surface area (Å²) in [6, 6.07) is 4.09. The number of carbonyl (C=O) groups excluding carboxylic acids is 1. The minimum atomic E-state index is -0.895. The highest BCUT2D eigenvalue weighted by Crippen LogP contribution is 2.28. The van der Waals surface area contributed by atoms with E-state index in [0.717, 1.165) is 0 Å². The molecule has 1 aliphatic heterocycles. The Kier molecular flexibility index (Phi) is 3.16. The van der Waals surface area contributed by atoms with Crippen molar-refractivity contribution in [1.82, 2.24) is 4.90 Å². The number of hydrogen-bond donors (Lipinski definition) is 1. The van der Waals surface area contributed by atoms with Gasteiger partial charge in [-0.2, -0.15) is 0 Å². The van der Waals surface area contributed by atoms with Crippen molar-refractivity contribution >= 4 is 22.8 Å². The molecule has 0 aliphatic carbocycles. The lowest BCUT2D eigenvalue weighted by Crippen LogP contribution is -2.30. The molecule has 0 radical (unpaired) electrons. The van der Waals surface area contributed by atoms with Crippen LogP contribution in [-0.2, 0) is 4.79 Å². The van der Waals surface area contributed by atoms with Crippen molar-refractivity contribution in [2.24, 2.45) is 5.92 Å². The number of fused-ring (bicyclic) bond motifs is 1. The number of benzene rings is 1. The predicted molar refractivity (Wildman–Crippen MR) is 72.6 cm³/mol. The van der Waals surface area contributed by atoms with Crippen LogP contribution >= 0.6 is 0 Å². The second-order valence-electron chi connectivity index (χ2n) is 5.27. The Hall–Kier alpha value is -2.37. The van der Waals surface area contributed by atoms with Gasteiger partial charge in [-0.1, -0.05) is 0 Å². The standard InChI is InChI=1S/C15H14FNO4/c1-8-11-6-10(16)2-3-12(11)21-13(8)14(18)17-5-4-9(7-17)15(19)20/h2-3,6,9H,4-5,7H2,1H3,(H,19,20). The van der Waals surface area contributed by atoms with Gasteiger partial charge in [0.25, 0.3) is 5.91 Å². The summed E-state index contributed by atoms with van der Waals surface area (Å²) in [4.78, 5) is 24.9. The van der Waals surface area contributed by atoms with E-state index in [1.807, 2.05) is 0 Å². The maximum absolute atomic E-state index is 13.3. The van der Waals surface area contributed by atoms with Crippen molar-refractivity contribution in [1.29, 1.82) is 0 Å². The van der Waals surface area contributed by atoms with E-state index in [1.165, 1.54) is 23.1 Å². The largest absolute Gasteiger partial charge is 0.481 e. The van der Waals surface area contributed by atoms with Gasteiger partial charge in [0.05, 0.1) is 5.92 Å². The highest BCUT2D eigenvalue weighted by molar-refractivity contribution is 5.99. The van der Waals surface area contributed by atoms with E-state index in [2.05, 4.69) is 0 Å². The minimum Gasteiger partial charge on any atom is -0.481 e. The smallest absolute Gasteiger partial charge is 0.308 e. The van der Waals surface area contributed by atoms with E-state index in [0.29, 0.717) is 29.5 Å². The summed E-state index contributed by atoms with van der Waals surface area (Å²) in [5.41, 5.74) is 1.03. The zero-order valence-electron chi connectivity index (χ0n) is 11.4. The quantitative estimate of drug-likeness (QED) is 0.922. The lowest BCUT2D eigenvalue weighted by atomic mass is 10.1. The molecule has 1 aromatic heterocycles. The monoisotopic (exact) mass is 291 g/mol. The Balaban J connectivity index is 1.92. The first kappa shape index (κ1) is 13.6. The third kappa shape index (κ3) is 2.26. The summed E-state index contributed by atoms with van der Waals surface area (Å²) in [5.74, 6) is -2.00. The third-order valence-corrected chi connectivity index (χ3v) is 3.92. The molecule has 1 fully saturated rings. The molecule has 1 saturated heterocycles. The topological polar surface area (TPSA) is 70.8 Å². The maximum Gasteiger partial charge on any atom is 0.308 e. The molecule has 0 bridgehead atoms. The van der Waals surface area contributed by atoms with Gasteiger partial charge in [-0.3, -0.25) is 9.59 Å². The fraction of sp³-hybridized carbons (Fsp3) is 0.333. The van der Waals surface area contributed by atoms with Crippen LogP contribution in [0.4, 0.5) is 4.39 Å². The number of aliphatic carboxylic acids is 1. The second kappa shape index (κ2) is 4.87.